The van der Waals surface area contributed by atoms with Crippen molar-refractivity contribution in [2.24, 2.45) is 9.98 Å². The highest BCUT2D eigenvalue weighted by Crippen LogP contribution is 2.46. The standard InChI is InChI=1S/C28H24N2O2/c1-3-7-21-19(5-1)15-31-27(21)29-23-13-11-17-9-10-18-12-14-24(26(18)25(17)23)30-28-22-8-4-2-6-20(22)16-32-28/h1-10,23-24H,11-16H2/b29-27-,30-28+/t23-,24-/m1/s1. The molecule has 0 amide bonds. The SMILES string of the molecule is c1ccc2c(c1)CO/C2=N\[C@@H]1CCc2ccc3c(c21)[C@H](/N=C1/OCc2ccccc21)CC3. The van der Waals surface area contributed by atoms with Crippen LogP contribution in [0.3, 0.4) is 0 Å². The molecule has 0 radical (unpaired) electrons. The van der Waals surface area contributed by atoms with E-state index in [0.717, 1.165) is 48.6 Å². The molecule has 0 saturated carbocycles. The van der Waals surface area contributed by atoms with Gasteiger partial charge in [-0.1, -0.05) is 48.5 Å². The summed E-state index contributed by atoms with van der Waals surface area (Å²) in [5.74, 6) is 1.59. The van der Waals surface area contributed by atoms with Gasteiger partial charge in [-0.3, -0.25) is 0 Å². The van der Waals surface area contributed by atoms with Crippen molar-refractivity contribution in [2.75, 3.05) is 0 Å². The minimum atomic E-state index is 0.138. The molecular weight excluding hydrogens is 396 g/mol. The molecule has 32 heavy (non-hydrogen) atoms. The highest BCUT2D eigenvalue weighted by Gasteiger charge is 2.35. The number of rotatable bonds is 2. The first kappa shape index (κ1) is 18.2. The van der Waals surface area contributed by atoms with Crippen molar-refractivity contribution >= 4 is 11.8 Å². The van der Waals surface area contributed by atoms with E-state index in [2.05, 4.69) is 60.7 Å². The molecule has 0 spiro atoms. The van der Waals surface area contributed by atoms with Crippen LogP contribution in [0.15, 0.2) is 70.6 Å². The van der Waals surface area contributed by atoms with Crippen LogP contribution in [0, 0.1) is 0 Å². The molecule has 0 N–H and O–H groups in total. The van der Waals surface area contributed by atoms with Crippen LogP contribution < -0.4 is 0 Å². The van der Waals surface area contributed by atoms with Gasteiger partial charge < -0.3 is 9.47 Å². The molecule has 7 rings (SSSR count). The molecule has 2 aliphatic heterocycles. The Kier molecular flexibility index (Phi) is 4.01. The van der Waals surface area contributed by atoms with Crippen LogP contribution in [0.25, 0.3) is 0 Å². The van der Waals surface area contributed by atoms with E-state index in [9.17, 15) is 0 Å². The van der Waals surface area contributed by atoms with Crippen LogP contribution >= 0.6 is 0 Å². The maximum absolute atomic E-state index is 6.00. The van der Waals surface area contributed by atoms with Crippen molar-refractivity contribution in [3.8, 4) is 0 Å². The molecule has 0 fully saturated rings. The smallest absolute Gasteiger partial charge is 0.217 e. The average molecular weight is 421 g/mol. The van der Waals surface area contributed by atoms with Gasteiger partial charge in [0.05, 0.1) is 12.1 Å². The second kappa shape index (κ2) is 7.06. The topological polar surface area (TPSA) is 43.2 Å². The summed E-state index contributed by atoms with van der Waals surface area (Å²) in [5, 5.41) is 0. The number of benzene rings is 3. The maximum atomic E-state index is 6.00. The monoisotopic (exact) mass is 420 g/mol. The predicted octanol–water partition coefficient (Wildman–Crippen LogP) is 5.62. The lowest BCUT2D eigenvalue weighted by Crippen LogP contribution is -2.07. The van der Waals surface area contributed by atoms with Crippen molar-refractivity contribution in [1.29, 1.82) is 0 Å². The molecule has 4 heteroatoms. The number of hydrogen-bond donors (Lipinski definition) is 0. The first-order valence-corrected chi connectivity index (χ1v) is 11.6. The highest BCUT2D eigenvalue weighted by atomic mass is 16.5. The molecule has 3 aromatic carbocycles. The van der Waals surface area contributed by atoms with E-state index in [1.807, 2.05) is 0 Å². The second-order valence-corrected chi connectivity index (χ2v) is 9.08. The zero-order valence-corrected chi connectivity index (χ0v) is 17.9. The van der Waals surface area contributed by atoms with Crippen molar-refractivity contribution < 1.29 is 9.47 Å². The van der Waals surface area contributed by atoms with E-state index in [1.54, 1.807) is 0 Å². The molecular formula is C28H24N2O2. The lowest BCUT2D eigenvalue weighted by Gasteiger charge is -2.17. The van der Waals surface area contributed by atoms with Crippen molar-refractivity contribution in [1.82, 2.24) is 0 Å². The normalized spacial score (nSPS) is 24.8. The lowest BCUT2D eigenvalue weighted by atomic mass is 9.95. The summed E-state index contributed by atoms with van der Waals surface area (Å²) in [5.41, 5.74) is 10.4. The van der Waals surface area contributed by atoms with Crippen molar-refractivity contribution in [3.63, 3.8) is 0 Å². The molecule has 2 atom stereocenters. The van der Waals surface area contributed by atoms with Gasteiger partial charge in [0.25, 0.3) is 0 Å². The van der Waals surface area contributed by atoms with E-state index in [1.165, 1.54) is 33.4 Å². The Bertz CT molecular complexity index is 1210. The summed E-state index contributed by atoms with van der Waals surface area (Å²) in [7, 11) is 0. The van der Waals surface area contributed by atoms with E-state index in [0.29, 0.717) is 13.2 Å². The lowest BCUT2D eigenvalue weighted by molar-refractivity contribution is 0.309. The van der Waals surface area contributed by atoms with Gasteiger partial charge in [0.15, 0.2) is 0 Å². The Morgan fingerprint density at radius 3 is 1.53 bits per heavy atom. The summed E-state index contributed by atoms with van der Waals surface area (Å²) < 4.78 is 12.0. The highest BCUT2D eigenvalue weighted by molar-refractivity contribution is 5.98. The molecule has 2 heterocycles. The molecule has 158 valence electrons. The molecule has 0 saturated heterocycles. The number of hydrogen-bond acceptors (Lipinski definition) is 4. The first-order valence-electron chi connectivity index (χ1n) is 11.6. The summed E-state index contributed by atoms with van der Waals surface area (Å²) in [6.07, 6.45) is 4.19. The summed E-state index contributed by atoms with van der Waals surface area (Å²) >= 11 is 0. The quantitative estimate of drug-likeness (QED) is 0.540. The maximum Gasteiger partial charge on any atom is 0.217 e. The van der Waals surface area contributed by atoms with Gasteiger partial charge in [0.2, 0.25) is 11.8 Å². The Morgan fingerprint density at radius 2 is 1.03 bits per heavy atom. The fraction of sp³-hybridized carbons (Fsp3) is 0.286. The fourth-order valence-electron chi connectivity index (χ4n) is 5.74. The van der Waals surface area contributed by atoms with Gasteiger partial charge >= 0.3 is 0 Å². The molecule has 4 nitrogen and oxygen atoms in total. The van der Waals surface area contributed by atoms with E-state index in [4.69, 9.17) is 19.5 Å². The van der Waals surface area contributed by atoms with Crippen LogP contribution in [-0.2, 0) is 35.5 Å². The summed E-state index contributed by atoms with van der Waals surface area (Å²) in [6, 6.07) is 21.7. The molecule has 0 aromatic heterocycles. The zero-order valence-electron chi connectivity index (χ0n) is 17.9. The molecule has 0 unspecified atom stereocenters. The number of aliphatic imine (C=N–C) groups is 2. The Morgan fingerprint density at radius 1 is 0.562 bits per heavy atom. The van der Waals surface area contributed by atoms with E-state index >= 15 is 0 Å². The number of fused-ring (bicyclic) bond motifs is 5. The Balaban J connectivity index is 1.29. The molecule has 0 bridgehead atoms. The zero-order chi connectivity index (χ0) is 21.1. The second-order valence-electron chi connectivity index (χ2n) is 9.08. The number of aryl methyl sites for hydroxylation is 2. The molecule has 2 aliphatic carbocycles. The van der Waals surface area contributed by atoms with Gasteiger partial charge in [0.1, 0.15) is 13.2 Å². The van der Waals surface area contributed by atoms with Gasteiger partial charge in [0, 0.05) is 22.3 Å². The molecule has 4 aliphatic rings. The predicted molar refractivity (Wildman–Crippen MR) is 124 cm³/mol. The fourth-order valence-corrected chi connectivity index (χ4v) is 5.74. The number of ether oxygens (including phenoxy) is 2. The van der Waals surface area contributed by atoms with Crippen molar-refractivity contribution in [2.45, 2.75) is 51.0 Å². The van der Waals surface area contributed by atoms with Crippen LogP contribution in [0.4, 0.5) is 0 Å². The Hall–Kier alpha value is -3.40. The van der Waals surface area contributed by atoms with Crippen LogP contribution in [0.2, 0.25) is 0 Å². The van der Waals surface area contributed by atoms with Crippen molar-refractivity contribution in [3.05, 3.63) is 105 Å². The van der Waals surface area contributed by atoms with Gasteiger partial charge in [-0.25, -0.2) is 9.98 Å². The van der Waals surface area contributed by atoms with Gasteiger partial charge in [-0.15, -0.1) is 0 Å². The molecule has 3 aromatic rings. The largest absolute Gasteiger partial charge is 0.473 e. The summed E-state index contributed by atoms with van der Waals surface area (Å²) in [4.78, 5) is 10.3. The third-order valence-corrected chi connectivity index (χ3v) is 7.28. The minimum absolute atomic E-state index is 0.138. The Labute approximate surface area is 187 Å². The first-order chi connectivity index (χ1) is 15.8. The third-order valence-electron chi connectivity index (χ3n) is 7.28. The van der Waals surface area contributed by atoms with Crippen LogP contribution in [0.5, 0.6) is 0 Å². The van der Waals surface area contributed by atoms with E-state index in [-0.39, 0.29) is 12.1 Å². The average Bonchev–Trinajstić information content (AvgIpc) is 3.61. The van der Waals surface area contributed by atoms with Gasteiger partial charge in [-0.05, 0) is 60.1 Å². The minimum Gasteiger partial charge on any atom is -0.473 e. The van der Waals surface area contributed by atoms with Crippen LogP contribution in [0.1, 0.15) is 69.4 Å². The summed E-state index contributed by atoms with van der Waals surface area (Å²) in [6.45, 7) is 1.24. The van der Waals surface area contributed by atoms with Crippen LogP contribution in [-0.4, -0.2) is 11.8 Å². The number of nitrogens with zero attached hydrogens (tertiary/aromatic N) is 2. The van der Waals surface area contributed by atoms with E-state index < -0.39 is 0 Å². The van der Waals surface area contributed by atoms with Gasteiger partial charge in [-0.2, -0.15) is 0 Å². The third kappa shape index (κ3) is 2.75.